The number of nitrogens with zero attached hydrogens (tertiary/aromatic N) is 1. The van der Waals surface area contributed by atoms with Gasteiger partial charge in [0.05, 0.1) is 10.7 Å². The molecule has 1 nitrogen and oxygen atoms in total. The van der Waals surface area contributed by atoms with E-state index in [9.17, 15) is 0 Å². The van der Waals surface area contributed by atoms with Crippen LogP contribution in [-0.4, -0.2) is 4.98 Å². The maximum atomic E-state index is 5.15. The summed E-state index contributed by atoms with van der Waals surface area (Å²) in [6.07, 6.45) is 10.7. The molecule has 1 aromatic carbocycles. The molecule has 2 aromatic rings. The zero-order valence-corrected chi connectivity index (χ0v) is 19.3. The minimum Gasteiger partial charge on any atom is -0.241 e. The molecule has 152 valence electrons. The van der Waals surface area contributed by atoms with Gasteiger partial charge in [-0.3, -0.25) is 0 Å². The Labute approximate surface area is 176 Å². The van der Waals surface area contributed by atoms with Gasteiger partial charge in [-0.2, -0.15) is 0 Å². The third kappa shape index (κ3) is 3.82. The van der Waals surface area contributed by atoms with Crippen molar-refractivity contribution in [3.8, 4) is 11.3 Å². The molecule has 1 aromatic heterocycles. The highest BCUT2D eigenvalue weighted by atomic mass is 32.1. The van der Waals surface area contributed by atoms with Crippen LogP contribution in [-0.2, 0) is 10.8 Å². The molecule has 2 atom stereocenters. The maximum absolute atomic E-state index is 5.15. The molecule has 28 heavy (non-hydrogen) atoms. The Hall–Kier alpha value is -1.15. The number of rotatable bonds is 3. The molecule has 0 N–H and O–H groups in total. The van der Waals surface area contributed by atoms with Crippen molar-refractivity contribution in [3.63, 3.8) is 0 Å². The molecule has 0 spiro atoms. The lowest BCUT2D eigenvalue weighted by molar-refractivity contribution is 0.332. The lowest BCUT2D eigenvalue weighted by Crippen LogP contribution is -2.33. The van der Waals surface area contributed by atoms with E-state index in [1.807, 2.05) is 11.3 Å². The molecule has 0 radical (unpaired) electrons. The second-order valence-electron chi connectivity index (χ2n) is 10.6. The van der Waals surface area contributed by atoms with Crippen LogP contribution in [0.25, 0.3) is 11.3 Å². The fraction of sp³-hybridized carbons (Fsp3) is 0.654. The van der Waals surface area contributed by atoms with Crippen LogP contribution in [0.4, 0.5) is 0 Å². The summed E-state index contributed by atoms with van der Waals surface area (Å²) in [5, 5.41) is 3.68. The van der Waals surface area contributed by atoms with Gasteiger partial charge in [0.15, 0.2) is 0 Å². The van der Waals surface area contributed by atoms with E-state index in [-0.39, 0.29) is 10.8 Å². The predicted octanol–water partition coefficient (Wildman–Crippen LogP) is 8.23. The average Bonchev–Trinajstić information content (AvgIpc) is 3.04. The van der Waals surface area contributed by atoms with E-state index in [0.717, 1.165) is 5.92 Å². The molecule has 2 aliphatic rings. The number of fused-ring (bicyclic) bond motifs is 1. The van der Waals surface area contributed by atoms with Crippen LogP contribution in [0, 0.1) is 5.92 Å². The van der Waals surface area contributed by atoms with Crippen molar-refractivity contribution in [2.75, 3.05) is 0 Å². The van der Waals surface area contributed by atoms with Gasteiger partial charge in [0.25, 0.3) is 0 Å². The van der Waals surface area contributed by atoms with Crippen molar-refractivity contribution in [2.45, 2.75) is 103 Å². The third-order valence-corrected chi connectivity index (χ3v) is 8.69. The van der Waals surface area contributed by atoms with Crippen LogP contribution in [0.1, 0.15) is 108 Å². The zero-order chi connectivity index (χ0) is 19.9. The maximum Gasteiger partial charge on any atom is 0.0963 e. The fourth-order valence-corrected chi connectivity index (χ4v) is 6.39. The molecule has 2 aliphatic carbocycles. The van der Waals surface area contributed by atoms with Gasteiger partial charge in [0.1, 0.15) is 0 Å². The molecule has 4 rings (SSSR count). The lowest BCUT2D eigenvalue weighted by atomic mass is 9.63. The summed E-state index contributed by atoms with van der Waals surface area (Å²) in [6.45, 7) is 12.0. The molecule has 0 saturated heterocycles. The molecule has 1 saturated carbocycles. The van der Waals surface area contributed by atoms with E-state index in [0.29, 0.717) is 5.92 Å². The zero-order valence-electron chi connectivity index (χ0n) is 18.5. The van der Waals surface area contributed by atoms with E-state index in [4.69, 9.17) is 4.98 Å². The monoisotopic (exact) mass is 395 g/mol. The average molecular weight is 396 g/mol. The van der Waals surface area contributed by atoms with Crippen molar-refractivity contribution < 1.29 is 0 Å². The predicted molar refractivity (Wildman–Crippen MR) is 122 cm³/mol. The number of hydrogen-bond donors (Lipinski definition) is 0. The Morgan fingerprint density at radius 2 is 1.71 bits per heavy atom. The molecule has 0 amide bonds. The molecule has 1 fully saturated rings. The minimum atomic E-state index is 0.260. The fourth-order valence-electron chi connectivity index (χ4n) is 5.39. The highest BCUT2D eigenvalue weighted by Crippen LogP contribution is 2.47. The number of hydrogen-bond acceptors (Lipinski definition) is 2. The van der Waals surface area contributed by atoms with Crippen LogP contribution in [0.5, 0.6) is 0 Å². The van der Waals surface area contributed by atoms with Gasteiger partial charge in [0, 0.05) is 16.9 Å². The Bertz CT molecular complexity index is 829. The molecule has 1 heterocycles. The highest BCUT2D eigenvalue weighted by molar-refractivity contribution is 7.10. The molecule has 0 bridgehead atoms. The van der Waals surface area contributed by atoms with Crippen LogP contribution < -0.4 is 0 Å². The Balaban J connectivity index is 1.61. The SMILES string of the molecule is CCC1CCCC(c2nc(-c3ccc4c(c3)C(C)(C)CCC4(C)C)cs2)CC1. The van der Waals surface area contributed by atoms with E-state index in [1.54, 1.807) is 0 Å². The first-order valence-corrected chi connectivity index (χ1v) is 12.3. The Morgan fingerprint density at radius 1 is 0.964 bits per heavy atom. The molecular formula is C26H37NS. The summed E-state index contributed by atoms with van der Waals surface area (Å²) < 4.78 is 0. The van der Waals surface area contributed by atoms with Gasteiger partial charge in [-0.15, -0.1) is 11.3 Å². The summed E-state index contributed by atoms with van der Waals surface area (Å²) in [5.41, 5.74) is 6.13. The van der Waals surface area contributed by atoms with Crippen molar-refractivity contribution in [1.29, 1.82) is 0 Å². The number of aromatic nitrogens is 1. The van der Waals surface area contributed by atoms with E-state index in [2.05, 4.69) is 58.2 Å². The summed E-state index contributed by atoms with van der Waals surface area (Å²) in [6, 6.07) is 7.17. The first-order chi connectivity index (χ1) is 13.3. The summed E-state index contributed by atoms with van der Waals surface area (Å²) in [5.74, 6) is 1.62. The number of thiazole rings is 1. The second-order valence-corrected chi connectivity index (χ2v) is 11.5. The van der Waals surface area contributed by atoms with E-state index < -0.39 is 0 Å². The van der Waals surface area contributed by atoms with Crippen molar-refractivity contribution in [3.05, 3.63) is 39.7 Å². The lowest BCUT2D eigenvalue weighted by Gasteiger charge is -2.42. The topological polar surface area (TPSA) is 12.9 Å². The van der Waals surface area contributed by atoms with E-state index >= 15 is 0 Å². The molecule has 2 unspecified atom stereocenters. The largest absolute Gasteiger partial charge is 0.241 e. The molecular weight excluding hydrogens is 358 g/mol. The summed E-state index contributed by atoms with van der Waals surface area (Å²) in [7, 11) is 0. The third-order valence-electron chi connectivity index (χ3n) is 7.69. The van der Waals surface area contributed by atoms with E-state index in [1.165, 1.54) is 78.8 Å². The number of benzene rings is 1. The summed E-state index contributed by atoms with van der Waals surface area (Å²) >= 11 is 1.89. The van der Waals surface area contributed by atoms with Gasteiger partial charge >= 0.3 is 0 Å². The minimum absolute atomic E-state index is 0.260. The van der Waals surface area contributed by atoms with Crippen LogP contribution in [0.2, 0.25) is 0 Å². The molecule has 2 heteroatoms. The Morgan fingerprint density at radius 3 is 2.46 bits per heavy atom. The first-order valence-electron chi connectivity index (χ1n) is 11.4. The first kappa shape index (κ1) is 20.1. The standard InChI is InChI=1S/C26H37NS/c1-6-18-8-7-9-19(11-10-18)24-27-23(17-28-24)20-12-13-21-22(16-20)26(4,5)15-14-25(21,2)3/h12-13,16-19H,6-11,14-15H2,1-5H3. The van der Waals surface area contributed by atoms with Gasteiger partial charge < -0.3 is 0 Å². The van der Waals surface area contributed by atoms with Crippen molar-refractivity contribution in [1.82, 2.24) is 4.98 Å². The Kier molecular flexibility index (Phi) is 5.46. The van der Waals surface area contributed by atoms with Gasteiger partial charge in [0.2, 0.25) is 0 Å². The van der Waals surface area contributed by atoms with Crippen molar-refractivity contribution in [2.24, 2.45) is 5.92 Å². The van der Waals surface area contributed by atoms with Gasteiger partial charge in [-0.05, 0) is 66.0 Å². The smallest absolute Gasteiger partial charge is 0.0963 e. The van der Waals surface area contributed by atoms with Gasteiger partial charge in [-0.25, -0.2) is 4.98 Å². The second kappa shape index (κ2) is 7.59. The summed E-state index contributed by atoms with van der Waals surface area (Å²) in [4.78, 5) is 5.15. The van der Waals surface area contributed by atoms with Crippen molar-refractivity contribution >= 4 is 11.3 Å². The van der Waals surface area contributed by atoms with Crippen LogP contribution >= 0.6 is 11.3 Å². The van der Waals surface area contributed by atoms with Crippen LogP contribution in [0.15, 0.2) is 23.6 Å². The normalized spacial score (nSPS) is 26.5. The molecule has 0 aliphatic heterocycles. The van der Waals surface area contributed by atoms with Crippen LogP contribution in [0.3, 0.4) is 0 Å². The van der Waals surface area contributed by atoms with Gasteiger partial charge in [-0.1, -0.05) is 66.0 Å². The highest BCUT2D eigenvalue weighted by Gasteiger charge is 2.37. The quantitative estimate of drug-likeness (QED) is 0.477.